The first kappa shape index (κ1) is 17.1. The molecule has 0 aromatic heterocycles. The molecule has 1 rings (SSSR count). The number of hydrogen-bond donors (Lipinski definition) is 1. The highest BCUT2D eigenvalue weighted by molar-refractivity contribution is 7.56. The lowest BCUT2D eigenvalue weighted by Crippen LogP contribution is -2.71. The van der Waals surface area contributed by atoms with Crippen molar-refractivity contribution in [1.82, 2.24) is 15.9 Å². The van der Waals surface area contributed by atoms with Crippen molar-refractivity contribution in [1.29, 1.82) is 0 Å². The summed E-state index contributed by atoms with van der Waals surface area (Å²) < 4.78 is 6.34. The number of nitrogens with zero attached hydrogens (tertiary/aromatic N) is 3. The SMILES string of the molecule is ClN1[SiH2]N[SiH](Cl)N(Cl)[Si](Cl)(Cl)N(Cl)[Si]1(Cl)Cl. The number of rotatable bonds is 0. The van der Waals surface area contributed by atoms with Crippen LogP contribution in [0.15, 0.2) is 0 Å². The summed E-state index contributed by atoms with van der Waals surface area (Å²) in [4.78, 5) is 0. The zero-order valence-electron chi connectivity index (χ0n) is 7.15. The minimum absolute atomic E-state index is 0.961. The van der Waals surface area contributed by atoms with E-state index in [2.05, 4.69) is 4.65 Å². The standard InChI is InChI=1S/Cl8H4N4Si4/c1-10-13-9-14(4)11(2)16(7,8)12(3)15(10,5)6/h9,14H,13H2. The lowest BCUT2D eigenvalue weighted by atomic mass is 13.7. The van der Waals surface area contributed by atoms with E-state index in [-0.39, 0.29) is 0 Å². The maximum atomic E-state index is 6.09. The molecule has 4 nitrogen and oxygen atoms in total. The van der Waals surface area contributed by atoms with Gasteiger partial charge in [-0.05, 0) is 35.3 Å². The molecule has 1 aliphatic rings. The molecule has 1 fully saturated rings. The van der Waals surface area contributed by atoms with Crippen LogP contribution in [0, 0.1) is 0 Å². The van der Waals surface area contributed by atoms with Crippen LogP contribution in [0.2, 0.25) is 0 Å². The first-order chi connectivity index (χ1) is 7.11. The smallest absolute Gasteiger partial charge is 0.330 e. The van der Waals surface area contributed by atoms with Crippen LogP contribution < -0.4 is 4.65 Å². The Balaban J connectivity index is 3.07. The van der Waals surface area contributed by atoms with Crippen molar-refractivity contribution in [3.8, 4) is 0 Å². The van der Waals surface area contributed by atoms with E-state index in [1.54, 1.807) is 0 Å². The van der Waals surface area contributed by atoms with Crippen molar-refractivity contribution in [2.24, 2.45) is 0 Å². The Labute approximate surface area is 137 Å². The average molecular weight is 456 g/mol. The summed E-state index contributed by atoms with van der Waals surface area (Å²) in [5.41, 5.74) is 0. The van der Waals surface area contributed by atoms with Crippen LogP contribution in [0.3, 0.4) is 0 Å². The van der Waals surface area contributed by atoms with Crippen molar-refractivity contribution in [3.05, 3.63) is 0 Å². The minimum Gasteiger partial charge on any atom is -0.330 e. The fourth-order valence-corrected chi connectivity index (χ4v) is 25.0. The van der Waals surface area contributed by atoms with Gasteiger partial charge in [0.05, 0.1) is 0 Å². The largest absolute Gasteiger partial charge is 0.428 e. The van der Waals surface area contributed by atoms with Crippen molar-refractivity contribution in [2.45, 2.75) is 0 Å². The van der Waals surface area contributed by atoms with Crippen LogP contribution in [0.25, 0.3) is 0 Å². The van der Waals surface area contributed by atoms with Gasteiger partial charge in [-0.15, -0.1) is 55.4 Å². The zero-order valence-corrected chi connectivity index (χ0v) is 17.8. The normalized spacial score (nSPS) is 34.9. The zero-order chi connectivity index (χ0) is 12.7. The highest BCUT2D eigenvalue weighted by atomic mass is 35.7. The molecule has 0 aromatic carbocycles. The van der Waals surface area contributed by atoms with Crippen molar-refractivity contribution in [3.63, 3.8) is 0 Å². The highest BCUT2D eigenvalue weighted by Crippen LogP contribution is 2.40. The maximum Gasteiger partial charge on any atom is 0.428 e. The molecular weight excluding hydrogens is 452 g/mol. The van der Waals surface area contributed by atoms with Crippen LogP contribution in [0.5, 0.6) is 0 Å². The van der Waals surface area contributed by atoms with Crippen molar-refractivity contribution < 1.29 is 0 Å². The van der Waals surface area contributed by atoms with E-state index in [9.17, 15) is 0 Å². The summed E-state index contributed by atoms with van der Waals surface area (Å²) in [6, 6.07) is 0. The molecule has 0 saturated carbocycles. The van der Waals surface area contributed by atoms with Gasteiger partial charge in [-0.2, -0.15) is 7.50 Å². The van der Waals surface area contributed by atoms with Crippen LogP contribution in [-0.2, 0) is 0 Å². The Hall–Kier alpha value is 3.03. The fourth-order valence-electron chi connectivity index (χ4n) is 0.808. The van der Waals surface area contributed by atoms with E-state index >= 15 is 0 Å². The Kier molecular flexibility index (Phi) is 6.62. The van der Waals surface area contributed by atoms with Crippen molar-refractivity contribution >= 4 is 123 Å². The van der Waals surface area contributed by atoms with Gasteiger partial charge in [-0.25, -0.2) is 3.75 Å². The molecule has 0 spiro atoms. The monoisotopic (exact) mass is 452 g/mol. The second kappa shape index (κ2) is 6.20. The summed E-state index contributed by atoms with van der Waals surface area (Å²) >= 11 is 48.2. The van der Waals surface area contributed by atoms with Crippen LogP contribution >= 0.6 is 90.7 Å². The highest BCUT2D eigenvalue weighted by Gasteiger charge is 2.60. The second-order valence-electron chi connectivity index (χ2n) is 2.67. The molecule has 0 aromatic rings. The molecule has 1 unspecified atom stereocenters. The van der Waals surface area contributed by atoms with E-state index in [1.807, 2.05) is 0 Å². The van der Waals surface area contributed by atoms with E-state index in [1.165, 1.54) is 3.75 Å². The predicted molar refractivity (Wildman–Crippen MR) is 82.7 cm³/mol. The number of hydrogen-bond acceptors (Lipinski definition) is 4. The molecule has 16 heavy (non-hydrogen) atoms. The lowest BCUT2D eigenvalue weighted by molar-refractivity contribution is 0.842. The van der Waals surface area contributed by atoms with Crippen LogP contribution in [0.4, 0.5) is 0 Å². The molecule has 1 heterocycles. The molecule has 16 heteroatoms. The van der Waals surface area contributed by atoms with Gasteiger partial charge in [-0.3, -0.25) is 0 Å². The summed E-state index contributed by atoms with van der Waals surface area (Å²) in [5, 5.41) is 0. The first-order valence-corrected chi connectivity index (χ1v) is 16.6. The number of nitrogens with one attached hydrogen (secondary N) is 1. The quantitative estimate of drug-likeness (QED) is 0.341. The number of halogens is 8. The molecule has 0 amide bonds. The Morgan fingerprint density at radius 2 is 1.50 bits per heavy atom. The molecule has 0 bridgehead atoms. The van der Waals surface area contributed by atoms with E-state index in [0.717, 1.165) is 7.50 Å². The molecule has 0 radical (unpaired) electrons. The van der Waals surface area contributed by atoms with Gasteiger partial charge in [0, 0.05) is 0 Å². The molecule has 1 N–H and O–H groups in total. The summed E-state index contributed by atoms with van der Waals surface area (Å²) in [6.45, 7) is 0. The Morgan fingerprint density at radius 3 is 2.00 bits per heavy atom. The van der Waals surface area contributed by atoms with Gasteiger partial charge in [0.25, 0.3) is 8.43 Å². The van der Waals surface area contributed by atoms with Gasteiger partial charge in [-0.1, -0.05) is 0 Å². The molecule has 1 atom stereocenters. The van der Waals surface area contributed by atoms with Gasteiger partial charge in [0.1, 0.15) is 0 Å². The fraction of sp³-hybridized carbons (Fsp3) is 0. The van der Waals surface area contributed by atoms with Crippen LogP contribution in [-0.4, -0.2) is 43.6 Å². The third-order valence-electron chi connectivity index (χ3n) is 1.62. The molecule has 0 aliphatic carbocycles. The first-order valence-electron chi connectivity index (χ1n) is 3.59. The van der Waals surface area contributed by atoms with Gasteiger partial charge >= 0.3 is 14.0 Å². The third-order valence-corrected chi connectivity index (χ3v) is 29.1. The van der Waals surface area contributed by atoms with Gasteiger partial charge in [0.2, 0.25) is 0 Å². The summed E-state index contributed by atoms with van der Waals surface area (Å²) in [6.07, 6.45) is 0. The molecular formula is H4Cl8N4Si4. The third kappa shape index (κ3) is 3.37. The molecule has 1 aliphatic heterocycles. The summed E-state index contributed by atoms with van der Waals surface area (Å²) in [5.74, 6) is 0. The predicted octanol–water partition coefficient (Wildman–Crippen LogP) is 1.74. The lowest BCUT2D eigenvalue weighted by Gasteiger charge is -2.42. The average Bonchev–Trinajstić information content (AvgIpc) is 2.21. The van der Waals surface area contributed by atoms with E-state index in [4.69, 9.17) is 90.7 Å². The van der Waals surface area contributed by atoms with E-state index < -0.39 is 32.3 Å². The topological polar surface area (TPSA) is 21.8 Å². The maximum absolute atomic E-state index is 6.09. The van der Waals surface area contributed by atoms with Gasteiger partial charge < -0.3 is 4.65 Å². The van der Waals surface area contributed by atoms with Gasteiger partial charge in [0.15, 0.2) is 9.84 Å². The van der Waals surface area contributed by atoms with Crippen LogP contribution in [0.1, 0.15) is 0 Å². The molecule has 96 valence electrons. The summed E-state index contributed by atoms with van der Waals surface area (Å²) in [7, 11) is -10.1. The minimum atomic E-state index is -3.42. The van der Waals surface area contributed by atoms with E-state index in [0.29, 0.717) is 0 Å². The molecule has 1 saturated heterocycles. The second-order valence-corrected chi connectivity index (χ2v) is 23.7. The Morgan fingerprint density at radius 1 is 1.00 bits per heavy atom. The Bertz CT molecular complexity index is 260. The van der Waals surface area contributed by atoms with Crippen molar-refractivity contribution in [2.75, 3.05) is 0 Å².